The lowest BCUT2D eigenvalue weighted by Gasteiger charge is -2.37. The van der Waals surface area contributed by atoms with Crippen LogP contribution in [-0.4, -0.2) is 43.9 Å². The van der Waals surface area contributed by atoms with Crippen molar-refractivity contribution in [2.75, 3.05) is 25.1 Å². The van der Waals surface area contributed by atoms with Crippen LogP contribution in [0, 0.1) is 5.92 Å². The molecule has 0 aromatic heterocycles. The molecule has 1 fully saturated rings. The van der Waals surface area contributed by atoms with Crippen molar-refractivity contribution in [2.45, 2.75) is 70.9 Å². The van der Waals surface area contributed by atoms with E-state index in [1.54, 1.807) is 0 Å². The molecule has 2 aliphatic rings. The number of benzene rings is 1. The van der Waals surface area contributed by atoms with E-state index in [9.17, 15) is 9.59 Å². The fraction of sp³-hybridized carbons (Fsp3) is 0.652. The minimum Gasteiger partial charge on any atom is -0.465 e. The lowest BCUT2D eigenvalue weighted by Crippen LogP contribution is -2.42. The zero-order valence-electron chi connectivity index (χ0n) is 18.1. The van der Waals surface area contributed by atoms with Gasteiger partial charge in [0.25, 0.3) is 0 Å². The number of alkyl carbamates (subject to hydrolysis) is 1. The van der Waals surface area contributed by atoms with Crippen molar-refractivity contribution >= 4 is 17.7 Å². The second-order valence-electron chi connectivity index (χ2n) is 9.25. The molecule has 0 spiro atoms. The van der Waals surface area contributed by atoms with Gasteiger partial charge in [0.15, 0.2) is 0 Å². The molecule has 1 aromatic carbocycles. The highest BCUT2D eigenvalue weighted by atomic mass is 16.6. The molecule has 6 heteroatoms. The number of esters is 1. The fourth-order valence-electron chi connectivity index (χ4n) is 4.36. The average Bonchev–Trinajstić information content (AvgIpc) is 2.67. The SMILES string of the molecule is COC(=O)c1ccc2c(c1)N(C[C@H]1CC[C@H](NC(=O)OC(C)(C)C)CC1)CCC2. The quantitative estimate of drug-likeness (QED) is 0.760. The molecule has 3 rings (SSSR count). The van der Waals surface area contributed by atoms with Crippen molar-refractivity contribution in [3.63, 3.8) is 0 Å². The Kier molecular flexibility index (Phi) is 6.70. The number of ether oxygens (including phenoxy) is 2. The smallest absolute Gasteiger partial charge is 0.407 e. The Labute approximate surface area is 173 Å². The molecule has 1 aliphatic heterocycles. The van der Waals surface area contributed by atoms with Crippen molar-refractivity contribution in [1.82, 2.24) is 5.32 Å². The average molecular weight is 403 g/mol. The van der Waals surface area contributed by atoms with Crippen molar-refractivity contribution in [3.05, 3.63) is 29.3 Å². The van der Waals surface area contributed by atoms with Gasteiger partial charge in [0.1, 0.15) is 5.60 Å². The van der Waals surface area contributed by atoms with Crippen LogP contribution in [0.5, 0.6) is 0 Å². The van der Waals surface area contributed by atoms with Gasteiger partial charge in [0.05, 0.1) is 12.7 Å². The van der Waals surface area contributed by atoms with Crippen LogP contribution >= 0.6 is 0 Å². The van der Waals surface area contributed by atoms with E-state index in [1.807, 2.05) is 32.9 Å². The highest BCUT2D eigenvalue weighted by molar-refractivity contribution is 5.91. The van der Waals surface area contributed by atoms with E-state index in [2.05, 4.69) is 16.3 Å². The first-order valence-electron chi connectivity index (χ1n) is 10.7. The summed E-state index contributed by atoms with van der Waals surface area (Å²) in [4.78, 5) is 26.3. The number of hydrogen-bond donors (Lipinski definition) is 1. The molecule has 0 saturated heterocycles. The molecule has 1 amide bonds. The lowest BCUT2D eigenvalue weighted by atomic mass is 9.85. The first kappa shape index (κ1) is 21.5. The number of carbonyl (C=O) groups is 2. The van der Waals surface area contributed by atoms with Crippen molar-refractivity contribution in [2.24, 2.45) is 5.92 Å². The second-order valence-corrected chi connectivity index (χ2v) is 9.25. The summed E-state index contributed by atoms with van der Waals surface area (Å²) in [6, 6.07) is 6.10. The van der Waals surface area contributed by atoms with Gasteiger partial charge in [-0.1, -0.05) is 6.07 Å². The number of rotatable bonds is 4. The maximum atomic E-state index is 12.0. The standard InChI is InChI=1S/C23H34N2O4/c1-23(2,3)29-22(27)24-19-11-7-16(8-12-19)15-25-13-5-6-17-9-10-18(14-20(17)25)21(26)28-4/h9-10,14,16,19H,5-8,11-13,15H2,1-4H3,(H,24,27)/t16-,19-. The van der Waals surface area contributed by atoms with E-state index in [1.165, 1.54) is 18.4 Å². The minimum atomic E-state index is -0.466. The number of nitrogens with zero attached hydrogens (tertiary/aromatic N) is 1. The Morgan fingerprint density at radius 3 is 2.55 bits per heavy atom. The Bertz CT molecular complexity index is 733. The first-order valence-corrected chi connectivity index (χ1v) is 10.7. The highest BCUT2D eigenvalue weighted by Gasteiger charge is 2.27. The van der Waals surface area contributed by atoms with Crippen LogP contribution in [0.25, 0.3) is 0 Å². The van der Waals surface area contributed by atoms with E-state index in [0.717, 1.165) is 51.6 Å². The van der Waals surface area contributed by atoms with Gasteiger partial charge in [-0.25, -0.2) is 9.59 Å². The predicted molar refractivity (Wildman–Crippen MR) is 113 cm³/mol. The molecule has 1 N–H and O–H groups in total. The highest BCUT2D eigenvalue weighted by Crippen LogP contribution is 2.32. The largest absolute Gasteiger partial charge is 0.465 e. The number of amides is 1. The Balaban J connectivity index is 1.55. The summed E-state index contributed by atoms with van der Waals surface area (Å²) >= 11 is 0. The van der Waals surface area contributed by atoms with Gasteiger partial charge in [-0.2, -0.15) is 0 Å². The van der Waals surface area contributed by atoms with Crippen LogP contribution in [0.15, 0.2) is 18.2 Å². The molecule has 160 valence electrons. The van der Waals surface area contributed by atoms with Crippen LogP contribution in [0.4, 0.5) is 10.5 Å². The lowest BCUT2D eigenvalue weighted by molar-refractivity contribution is 0.0486. The summed E-state index contributed by atoms with van der Waals surface area (Å²) in [5.41, 5.74) is 2.63. The van der Waals surface area contributed by atoms with Crippen LogP contribution in [-0.2, 0) is 15.9 Å². The maximum absolute atomic E-state index is 12.0. The molecule has 1 aliphatic carbocycles. The zero-order valence-corrected chi connectivity index (χ0v) is 18.1. The van der Waals surface area contributed by atoms with Gasteiger partial charge in [0, 0.05) is 24.8 Å². The maximum Gasteiger partial charge on any atom is 0.407 e. The van der Waals surface area contributed by atoms with E-state index in [-0.39, 0.29) is 18.1 Å². The number of hydrogen-bond acceptors (Lipinski definition) is 5. The number of carbonyl (C=O) groups excluding carboxylic acids is 2. The second kappa shape index (κ2) is 9.06. The van der Waals surface area contributed by atoms with Crippen molar-refractivity contribution in [3.8, 4) is 0 Å². The summed E-state index contributed by atoms with van der Waals surface area (Å²) in [6.45, 7) is 7.66. The van der Waals surface area contributed by atoms with Gasteiger partial charge in [-0.05, 0) is 82.9 Å². The third-order valence-corrected chi connectivity index (χ3v) is 5.77. The molecular weight excluding hydrogens is 368 g/mol. The normalized spacial score (nSPS) is 21.9. The molecule has 1 saturated carbocycles. The van der Waals surface area contributed by atoms with Crippen LogP contribution < -0.4 is 10.2 Å². The topological polar surface area (TPSA) is 67.9 Å². The molecule has 29 heavy (non-hydrogen) atoms. The zero-order chi connectivity index (χ0) is 21.0. The number of aryl methyl sites for hydroxylation is 1. The van der Waals surface area contributed by atoms with Gasteiger partial charge in [-0.15, -0.1) is 0 Å². The van der Waals surface area contributed by atoms with Crippen LogP contribution in [0.3, 0.4) is 0 Å². The number of nitrogens with one attached hydrogen (secondary N) is 1. The van der Waals surface area contributed by atoms with Crippen LogP contribution in [0.1, 0.15) is 68.8 Å². The first-order chi connectivity index (χ1) is 13.7. The van der Waals surface area contributed by atoms with E-state index >= 15 is 0 Å². The minimum absolute atomic E-state index is 0.195. The summed E-state index contributed by atoms with van der Waals surface area (Å²) in [7, 11) is 1.42. The summed E-state index contributed by atoms with van der Waals surface area (Å²) in [5.74, 6) is 0.312. The van der Waals surface area contributed by atoms with Crippen molar-refractivity contribution in [1.29, 1.82) is 0 Å². The Morgan fingerprint density at radius 2 is 1.90 bits per heavy atom. The third-order valence-electron chi connectivity index (χ3n) is 5.77. The number of anilines is 1. The molecule has 6 nitrogen and oxygen atoms in total. The molecule has 0 atom stereocenters. The number of fused-ring (bicyclic) bond motifs is 1. The predicted octanol–water partition coefficient (Wildman–Crippen LogP) is 4.31. The molecular formula is C23H34N2O4. The van der Waals surface area contributed by atoms with E-state index < -0.39 is 5.60 Å². The Morgan fingerprint density at radius 1 is 1.17 bits per heavy atom. The summed E-state index contributed by atoms with van der Waals surface area (Å²) < 4.78 is 10.3. The molecule has 0 radical (unpaired) electrons. The fourth-order valence-corrected chi connectivity index (χ4v) is 4.36. The van der Waals surface area contributed by atoms with E-state index in [0.29, 0.717) is 11.5 Å². The summed E-state index contributed by atoms with van der Waals surface area (Å²) in [5, 5.41) is 3.02. The van der Waals surface area contributed by atoms with Crippen LogP contribution in [0.2, 0.25) is 0 Å². The molecule has 0 unspecified atom stereocenters. The van der Waals surface area contributed by atoms with Gasteiger partial charge in [0.2, 0.25) is 0 Å². The molecule has 1 aromatic rings. The van der Waals surface area contributed by atoms with Gasteiger partial charge in [-0.3, -0.25) is 0 Å². The molecule has 0 bridgehead atoms. The van der Waals surface area contributed by atoms with Gasteiger partial charge >= 0.3 is 12.1 Å². The van der Waals surface area contributed by atoms with E-state index in [4.69, 9.17) is 9.47 Å². The molecule has 1 heterocycles. The Hall–Kier alpha value is -2.24. The third kappa shape index (κ3) is 5.87. The van der Waals surface area contributed by atoms with Crippen molar-refractivity contribution < 1.29 is 19.1 Å². The number of methoxy groups -OCH3 is 1. The summed E-state index contributed by atoms with van der Waals surface area (Å²) in [6.07, 6.45) is 6.01. The van der Waals surface area contributed by atoms with Gasteiger partial charge < -0.3 is 19.7 Å². The monoisotopic (exact) mass is 402 g/mol.